The lowest BCUT2D eigenvalue weighted by Gasteiger charge is -2.26. The van der Waals surface area contributed by atoms with E-state index in [4.69, 9.17) is 14.2 Å². The number of hydrogen-bond acceptors (Lipinski definition) is 5. The van der Waals surface area contributed by atoms with Gasteiger partial charge in [-0.05, 0) is 25.0 Å². The predicted octanol–water partition coefficient (Wildman–Crippen LogP) is 2.07. The molecule has 1 heterocycles. The summed E-state index contributed by atoms with van der Waals surface area (Å²) in [5, 5.41) is 2.72. The molecule has 1 N–H and O–H groups in total. The first-order chi connectivity index (χ1) is 11.7. The van der Waals surface area contributed by atoms with Crippen LogP contribution < -0.4 is 14.8 Å². The van der Waals surface area contributed by atoms with Crippen molar-refractivity contribution in [2.24, 2.45) is 5.92 Å². The molecule has 1 amide bonds. The molecule has 0 bridgehead atoms. The number of carbonyl (C=O) groups excluding carboxylic acids is 2. The highest BCUT2D eigenvalue weighted by atomic mass is 16.6. The van der Waals surface area contributed by atoms with Gasteiger partial charge >= 0.3 is 5.97 Å². The molecule has 1 aliphatic carbocycles. The summed E-state index contributed by atoms with van der Waals surface area (Å²) < 4.78 is 16.5. The Bertz CT molecular complexity index is 583. The summed E-state index contributed by atoms with van der Waals surface area (Å²) >= 11 is 0. The zero-order valence-corrected chi connectivity index (χ0v) is 13.7. The van der Waals surface area contributed by atoms with Crippen molar-refractivity contribution in [3.8, 4) is 11.5 Å². The normalized spacial score (nSPS) is 20.2. The molecule has 1 saturated carbocycles. The standard InChI is InChI=1S/C18H23NO5/c20-17(12-23-18(21)13-6-2-1-3-7-13)19-10-14-11-22-15-8-4-5-9-16(15)24-14/h4-5,8-9,13-14H,1-3,6-7,10-12H2,(H,19,20)/t14-/m1/s1. The number of fused-ring (bicyclic) bond motifs is 1. The maximum absolute atomic E-state index is 11.9. The topological polar surface area (TPSA) is 73.9 Å². The van der Waals surface area contributed by atoms with Gasteiger partial charge in [0.15, 0.2) is 18.1 Å². The van der Waals surface area contributed by atoms with Crippen molar-refractivity contribution in [2.45, 2.75) is 38.2 Å². The summed E-state index contributed by atoms with van der Waals surface area (Å²) in [7, 11) is 0. The Morgan fingerprint density at radius 1 is 1.12 bits per heavy atom. The fourth-order valence-corrected chi connectivity index (χ4v) is 3.04. The van der Waals surface area contributed by atoms with Gasteiger partial charge in [0.05, 0.1) is 12.5 Å². The van der Waals surface area contributed by atoms with Crippen molar-refractivity contribution < 1.29 is 23.8 Å². The van der Waals surface area contributed by atoms with Gasteiger partial charge in [0.2, 0.25) is 0 Å². The van der Waals surface area contributed by atoms with Crippen molar-refractivity contribution in [1.82, 2.24) is 5.32 Å². The Hall–Kier alpha value is -2.24. The number of benzene rings is 1. The van der Waals surface area contributed by atoms with Crippen molar-refractivity contribution >= 4 is 11.9 Å². The van der Waals surface area contributed by atoms with Gasteiger partial charge in [-0.25, -0.2) is 0 Å². The molecule has 1 aromatic carbocycles. The summed E-state index contributed by atoms with van der Waals surface area (Å²) in [4.78, 5) is 23.7. The van der Waals surface area contributed by atoms with E-state index in [1.165, 1.54) is 6.42 Å². The van der Waals surface area contributed by atoms with Gasteiger partial charge in [-0.2, -0.15) is 0 Å². The Morgan fingerprint density at radius 2 is 1.88 bits per heavy atom. The van der Waals surface area contributed by atoms with E-state index in [-0.39, 0.29) is 30.5 Å². The maximum Gasteiger partial charge on any atom is 0.309 e. The fourth-order valence-electron chi connectivity index (χ4n) is 3.04. The molecule has 6 heteroatoms. The number of esters is 1. The van der Waals surface area contributed by atoms with Crippen LogP contribution in [0.4, 0.5) is 0 Å². The van der Waals surface area contributed by atoms with Crippen LogP contribution in [-0.2, 0) is 14.3 Å². The molecule has 3 rings (SSSR count). The maximum atomic E-state index is 11.9. The zero-order valence-electron chi connectivity index (χ0n) is 13.7. The molecule has 0 spiro atoms. The fraction of sp³-hybridized carbons (Fsp3) is 0.556. The summed E-state index contributed by atoms with van der Waals surface area (Å²) in [6.07, 6.45) is 4.79. The van der Waals surface area contributed by atoms with Gasteiger partial charge in [-0.1, -0.05) is 31.4 Å². The molecule has 0 unspecified atom stereocenters. The number of ether oxygens (including phenoxy) is 3. The summed E-state index contributed by atoms with van der Waals surface area (Å²) in [5.74, 6) is 0.768. The van der Waals surface area contributed by atoms with Crippen molar-refractivity contribution in [2.75, 3.05) is 19.8 Å². The Morgan fingerprint density at radius 3 is 2.67 bits per heavy atom. The van der Waals surface area contributed by atoms with E-state index in [0.717, 1.165) is 25.7 Å². The molecule has 2 aliphatic rings. The van der Waals surface area contributed by atoms with E-state index in [1.807, 2.05) is 24.3 Å². The lowest BCUT2D eigenvalue weighted by atomic mass is 9.89. The van der Waals surface area contributed by atoms with Gasteiger partial charge in [0.1, 0.15) is 12.7 Å². The number of carbonyl (C=O) groups is 2. The monoisotopic (exact) mass is 333 g/mol. The summed E-state index contributed by atoms with van der Waals surface area (Å²) in [5.41, 5.74) is 0. The minimum Gasteiger partial charge on any atom is -0.486 e. The van der Waals surface area contributed by atoms with Crippen molar-refractivity contribution in [3.05, 3.63) is 24.3 Å². The first-order valence-corrected chi connectivity index (χ1v) is 8.54. The molecule has 130 valence electrons. The molecular weight excluding hydrogens is 310 g/mol. The van der Waals surface area contributed by atoms with Crippen LogP contribution in [0.1, 0.15) is 32.1 Å². The van der Waals surface area contributed by atoms with E-state index in [2.05, 4.69) is 5.32 Å². The second-order valence-corrected chi connectivity index (χ2v) is 6.24. The molecule has 1 fully saturated rings. The number of hydrogen-bond donors (Lipinski definition) is 1. The van der Waals surface area contributed by atoms with Crippen LogP contribution in [0.15, 0.2) is 24.3 Å². The molecule has 0 saturated heterocycles. The smallest absolute Gasteiger partial charge is 0.309 e. The third-order valence-corrected chi connectivity index (χ3v) is 4.38. The highest BCUT2D eigenvalue weighted by Crippen LogP contribution is 2.30. The quantitative estimate of drug-likeness (QED) is 0.835. The van der Waals surface area contributed by atoms with Gasteiger partial charge < -0.3 is 19.5 Å². The van der Waals surface area contributed by atoms with Crippen LogP contribution in [0, 0.1) is 5.92 Å². The summed E-state index contributed by atoms with van der Waals surface area (Å²) in [6.45, 7) is 0.451. The molecule has 1 atom stereocenters. The summed E-state index contributed by atoms with van der Waals surface area (Å²) in [6, 6.07) is 7.42. The van der Waals surface area contributed by atoms with Gasteiger partial charge in [-0.3, -0.25) is 9.59 Å². The Kier molecular flexibility index (Phi) is 5.56. The second-order valence-electron chi connectivity index (χ2n) is 6.24. The van der Waals surface area contributed by atoms with Gasteiger partial charge in [0.25, 0.3) is 5.91 Å². The number of amides is 1. The lowest BCUT2D eigenvalue weighted by molar-refractivity contribution is -0.153. The highest BCUT2D eigenvalue weighted by Gasteiger charge is 2.24. The minimum absolute atomic E-state index is 0.0434. The second kappa shape index (κ2) is 8.04. The van der Waals surface area contributed by atoms with Crippen LogP contribution in [0.5, 0.6) is 11.5 Å². The van der Waals surface area contributed by atoms with Crippen LogP contribution in [0.25, 0.3) is 0 Å². The number of nitrogens with one attached hydrogen (secondary N) is 1. The molecule has 1 aliphatic heterocycles. The van der Waals surface area contributed by atoms with E-state index in [1.54, 1.807) is 0 Å². The average Bonchev–Trinajstić information content (AvgIpc) is 2.65. The molecular formula is C18H23NO5. The largest absolute Gasteiger partial charge is 0.486 e. The molecule has 6 nitrogen and oxygen atoms in total. The van der Waals surface area contributed by atoms with E-state index in [9.17, 15) is 9.59 Å². The Balaban J connectivity index is 1.36. The molecule has 0 aromatic heterocycles. The van der Waals surface area contributed by atoms with Gasteiger partial charge in [-0.15, -0.1) is 0 Å². The van der Waals surface area contributed by atoms with E-state index >= 15 is 0 Å². The third kappa shape index (κ3) is 4.40. The van der Waals surface area contributed by atoms with Crippen LogP contribution >= 0.6 is 0 Å². The average molecular weight is 333 g/mol. The highest BCUT2D eigenvalue weighted by molar-refractivity contribution is 5.81. The molecule has 24 heavy (non-hydrogen) atoms. The minimum atomic E-state index is -0.318. The van der Waals surface area contributed by atoms with Gasteiger partial charge in [0, 0.05) is 0 Å². The van der Waals surface area contributed by atoms with E-state index < -0.39 is 0 Å². The molecule has 1 aromatic rings. The predicted molar refractivity (Wildman–Crippen MR) is 86.9 cm³/mol. The number of rotatable bonds is 5. The number of para-hydroxylation sites is 2. The van der Waals surface area contributed by atoms with Crippen LogP contribution in [0.3, 0.4) is 0 Å². The zero-order chi connectivity index (χ0) is 16.8. The third-order valence-electron chi connectivity index (χ3n) is 4.38. The SMILES string of the molecule is O=C(COC(=O)C1CCCCC1)NC[C@@H]1COc2ccccc2O1. The van der Waals surface area contributed by atoms with Crippen LogP contribution in [-0.4, -0.2) is 37.7 Å². The van der Waals surface area contributed by atoms with Crippen molar-refractivity contribution in [1.29, 1.82) is 0 Å². The van der Waals surface area contributed by atoms with Crippen LogP contribution in [0.2, 0.25) is 0 Å². The first-order valence-electron chi connectivity index (χ1n) is 8.54. The molecule has 0 radical (unpaired) electrons. The van der Waals surface area contributed by atoms with E-state index in [0.29, 0.717) is 24.7 Å². The Labute approximate surface area is 141 Å². The lowest BCUT2D eigenvalue weighted by Crippen LogP contribution is -2.42. The first kappa shape index (κ1) is 16.6. The van der Waals surface area contributed by atoms with Crippen molar-refractivity contribution in [3.63, 3.8) is 0 Å².